The molecule has 4 aromatic carbocycles. The first-order valence-corrected chi connectivity index (χ1v) is 13.4. The molecule has 6 nitrogen and oxygen atoms in total. The molecule has 0 fully saturated rings. The zero-order chi connectivity index (χ0) is 27.2. The van der Waals surface area contributed by atoms with Crippen LogP contribution in [0.15, 0.2) is 133 Å². The first-order chi connectivity index (χ1) is 18.8. The molecule has 0 aliphatic carbocycles. The van der Waals surface area contributed by atoms with E-state index in [4.69, 9.17) is 23.4 Å². The summed E-state index contributed by atoms with van der Waals surface area (Å²) in [7, 11) is -4.94. The van der Waals surface area contributed by atoms with Crippen molar-refractivity contribution in [3.8, 4) is 0 Å². The maximum atomic E-state index is 8.49. The van der Waals surface area contributed by atoms with Crippen LogP contribution in [-0.4, -0.2) is 10.8 Å². The Balaban J connectivity index is 0.000000567. The number of para-hydroxylation sites is 1. The van der Waals surface area contributed by atoms with Crippen LogP contribution in [0.25, 0.3) is 17.1 Å². The highest BCUT2D eigenvalue weighted by Crippen LogP contribution is 2.39. The minimum absolute atomic E-state index is 0.829. The maximum absolute atomic E-state index is 8.49. The van der Waals surface area contributed by atoms with Crippen LogP contribution in [-0.2, 0) is 11.3 Å². The molecule has 39 heavy (non-hydrogen) atoms. The molecule has 6 rings (SSSR count). The normalized spacial score (nSPS) is 14.3. The molecule has 0 atom stereocenters. The van der Waals surface area contributed by atoms with Gasteiger partial charge in [-0.2, -0.15) is 4.58 Å². The highest BCUT2D eigenvalue weighted by molar-refractivity contribution is 6.15. The third-order valence-electron chi connectivity index (χ3n) is 6.21. The summed E-state index contributed by atoms with van der Waals surface area (Å²) in [6.45, 7) is 0.829. The molecule has 4 aromatic rings. The summed E-state index contributed by atoms with van der Waals surface area (Å²) in [4.78, 5) is 0. The number of hydrogen-bond donors (Lipinski definition) is 0. The molecular formula is C32H24ClNO5. The van der Waals surface area contributed by atoms with E-state index in [0.717, 1.165) is 34.8 Å². The lowest BCUT2D eigenvalue weighted by Crippen LogP contribution is -2.68. The monoisotopic (exact) mass is 537 g/mol. The number of fused-ring (bicyclic) bond motifs is 1. The predicted octanol–water partition coefficient (Wildman–Crippen LogP) is 2.73. The van der Waals surface area contributed by atoms with Crippen molar-refractivity contribution in [1.29, 1.82) is 0 Å². The quantitative estimate of drug-likeness (QED) is 0.372. The van der Waals surface area contributed by atoms with Crippen LogP contribution < -0.4 is 18.6 Å². The van der Waals surface area contributed by atoms with Gasteiger partial charge in [-0.15, -0.1) is 10.2 Å². The molecule has 0 N–H and O–H groups in total. The molecule has 7 heteroatoms. The third-order valence-corrected chi connectivity index (χ3v) is 6.21. The van der Waals surface area contributed by atoms with E-state index in [9.17, 15) is 0 Å². The van der Waals surface area contributed by atoms with Gasteiger partial charge in [0.2, 0.25) is 5.69 Å². The summed E-state index contributed by atoms with van der Waals surface area (Å²) in [5, 5.41) is 0. The molecule has 0 unspecified atom stereocenters. The van der Waals surface area contributed by atoms with Gasteiger partial charge in [0.15, 0.2) is 12.8 Å². The Morgan fingerprint density at radius 2 is 1.05 bits per heavy atom. The van der Waals surface area contributed by atoms with Gasteiger partial charge in [0.1, 0.15) is 11.5 Å². The molecule has 0 saturated heterocycles. The van der Waals surface area contributed by atoms with E-state index in [2.05, 4.69) is 102 Å². The zero-order valence-electron chi connectivity index (χ0n) is 20.8. The summed E-state index contributed by atoms with van der Waals surface area (Å²) >= 11 is 0. The second-order valence-electron chi connectivity index (χ2n) is 8.86. The Morgan fingerprint density at radius 1 is 0.590 bits per heavy atom. The van der Waals surface area contributed by atoms with Gasteiger partial charge in [0, 0.05) is 22.8 Å². The average Bonchev–Trinajstić information content (AvgIpc) is 3.32. The molecule has 194 valence electrons. The van der Waals surface area contributed by atoms with Crippen molar-refractivity contribution >= 4 is 29.0 Å². The van der Waals surface area contributed by atoms with Crippen molar-refractivity contribution < 1.29 is 38.2 Å². The van der Waals surface area contributed by atoms with Gasteiger partial charge >= 0.3 is 0 Å². The van der Waals surface area contributed by atoms with Crippen LogP contribution in [0, 0.1) is 10.2 Å². The van der Waals surface area contributed by atoms with Crippen LogP contribution in [0.4, 0.5) is 5.69 Å². The molecule has 2 heterocycles. The predicted molar refractivity (Wildman–Crippen MR) is 139 cm³/mol. The third kappa shape index (κ3) is 6.78. The Hall–Kier alpha value is -4.30. The standard InChI is InChI=1S/C32H24NO.ClHO4/c1-4-12-24(13-5-1)22-33-23-29(28-18-10-11-19-30(28)33)27-20-31(25-14-6-2-7-15-25)34-32(21-27)26-16-8-3-9-17-26;2-1(3,4)5/h1-21,23H,22H2;(H,2,3,4,5)/q+1;/p-1. The highest BCUT2D eigenvalue weighted by Gasteiger charge is 2.29. The molecule has 0 spiro atoms. The number of allylic oxidation sites excluding steroid dienone is 4. The maximum Gasteiger partial charge on any atom is 0.213 e. The van der Waals surface area contributed by atoms with Crippen molar-refractivity contribution in [2.75, 3.05) is 0 Å². The largest absolute Gasteiger partial charge is 0.456 e. The number of hydrogen-bond acceptors (Lipinski definition) is 5. The van der Waals surface area contributed by atoms with Gasteiger partial charge < -0.3 is 4.74 Å². The van der Waals surface area contributed by atoms with E-state index in [1.54, 1.807) is 0 Å². The Morgan fingerprint density at radius 3 is 1.59 bits per heavy atom. The Labute approximate surface area is 228 Å². The van der Waals surface area contributed by atoms with Gasteiger partial charge in [-0.1, -0.05) is 103 Å². The fourth-order valence-corrected chi connectivity index (χ4v) is 4.53. The summed E-state index contributed by atoms with van der Waals surface area (Å²) in [5.41, 5.74) is 8.23. The molecular weight excluding hydrogens is 514 g/mol. The SMILES string of the molecule is C1=C(c2ccccc2)OC(c2ccccc2)=CC1=C1C=[N+](Cc2ccccc2)c2ccccc21.[O-][Cl+3]([O-])([O-])[O-]. The van der Waals surface area contributed by atoms with Gasteiger partial charge in [-0.05, 0) is 23.8 Å². The number of ether oxygens (including phenoxy) is 1. The van der Waals surface area contributed by atoms with Crippen molar-refractivity contribution in [2.45, 2.75) is 6.54 Å². The number of rotatable bonds is 4. The van der Waals surface area contributed by atoms with Gasteiger partial charge in [0.25, 0.3) is 0 Å². The Kier molecular flexibility index (Phi) is 7.84. The van der Waals surface area contributed by atoms with Gasteiger partial charge in [0.05, 0.1) is 11.1 Å². The fraction of sp³-hybridized carbons (Fsp3) is 0.0312. The van der Waals surface area contributed by atoms with Crippen molar-refractivity contribution in [3.63, 3.8) is 0 Å². The smallest absolute Gasteiger partial charge is 0.213 e. The van der Waals surface area contributed by atoms with Crippen LogP contribution in [0.1, 0.15) is 22.3 Å². The van der Waals surface area contributed by atoms with E-state index >= 15 is 0 Å². The van der Waals surface area contributed by atoms with E-state index < -0.39 is 10.2 Å². The van der Waals surface area contributed by atoms with Crippen LogP contribution in [0.3, 0.4) is 0 Å². The van der Waals surface area contributed by atoms with Gasteiger partial charge in [-0.3, -0.25) is 0 Å². The molecule has 0 aromatic heterocycles. The van der Waals surface area contributed by atoms with Crippen LogP contribution in [0.2, 0.25) is 0 Å². The molecule has 2 aliphatic rings. The summed E-state index contributed by atoms with van der Waals surface area (Å²) < 4.78 is 42.7. The van der Waals surface area contributed by atoms with E-state index in [-0.39, 0.29) is 0 Å². The van der Waals surface area contributed by atoms with Gasteiger partial charge in [-0.25, -0.2) is 18.6 Å². The molecule has 0 amide bonds. The number of benzene rings is 4. The Bertz CT molecular complexity index is 1510. The topological polar surface area (TPSA) is 104 Å². The highest BCUT2D eigenvalue weighted by atomic mass is 35.7. The van der Waals surface area contributed by atoms with Crippen LogP contribution in [0.5, 0.6) is 0 Å². The second kappa shape index (κ2) is 11.6. The second-order valence-corrected chi connectivity index (χ2v) is 9.61. The molecule has 0 saturated carbocycles. The average molecular weight is 538 g/mol. The molecule has 0 bridgehead atoms. The lowest BCUT2D eigenvalue weighted by atomic mass is 9.97. The summed E-state index contributed by atoms with van der Waals surface area (Å²) in [6, 6.07) is 39.9. The first kappa shape index (κ1) is 26.3. The minimum atomic E-state index is -4.94. The minimum Gasteiger partial charge on any atom is -0.456 e. The van der Waals surface area contributed by atoms with E-state index in [1.165, 1.54) is 22.4 Å². The fourth-order valence-electron chi connectivity index (χ4n) is 4.53. The van der Waals surface area contributed by atoms with Crippen molar-refractivity contribution in [3.05, 3.63) is 155 Å². The first-order valence-electron chi connectivity index (χ1n) is 12.2. The molecule has 2 aliphatic heterocycles. The lowest BCUT2D eigenvalue weighted by Gasteiger charge is -2.19. The molecule has 0 radical (unpaired) electrons. The summed E-state index contributed by atoms with van der Waals surface area (Å²) in [5.74, 6) is 1.72. The van der Waals surface area contributed by atoms with Crippen molar-refractivity contribution in [1.82, 2.24) is 0 Å². The lowest BCUT2D eigenvalue weighted by molar-refractivity contribution is -2.00. The van der Waals surface area contributed by atoms with Crippen LogP contribution >= 0.6 is 0 Å². The van der Waals surface area contributed by atoms with E-state index in [0.29, 0.717) is 0 Å². The number of nitrogens with zero attached hydrogens (tertiary/aromatic N) is 1. The number of halogens is 1. The van der Waals surface area contributed by atoms with E-state index in [1.807, 2.05) is 36.4 Å². The zero-order valence-corrected chi connectivity index (χ0v) is 21.5. The summed E-state index contributed by atoms with van der Waals surface area (Å²) in [6.07, 6.45) is 6.60. The van der Waals surface area contributed by atoms with Crippen molar-refractivity contribution in [2.24, 2.45) is 0 Å².